The molecule has 0 saturated heterocycles. The van der Waals surface area contributed by atoms with Crippen molar-refractivity contribution in [3.63, 3.8) is 0 Å². The molecule has 2 aliphatic rings. The number of benzene rings is 1. The summed E-state index contributed by atoms with van der Waals surface area (Å²) >= 11 is 0. The number of ether oxygens (including phenoxy) is 1. The van der Waals surface area contributed by atoms with Gasteiger partial charge in [-0.3, -0.25) is 9.59 Å². The van der Waals surface area contributed by atoms with E-state index in [0.717, 1.165) is 55.7 Å². The van der Waals surface area contributed by atoms with Crippen LogP contribution in [0.15, 0.2) is 41.5 Å². The molecule has 1 aliphatic carbocycles. The first kappa shape index (κ1) is 23.5. The maximum atomic E-state index is 14.1. The minimum absolute atomic E-state index is 0.0586. The quantitative estimate of drug-likeness (QED) is 0.385. The molecule has 6 rings (SSSR count). The van der Waals surface area contributed by atoms with Gasteiger partial charge < -0.3 is 13.9 Å². The van der Waals surface area contributed by atoms with Crippen LogP contribution in [0.4, 0.5) is 4.39 Å². The molecule has 1 saturated carbocycles. The molecule has 0 amide bonds. The fraction of sp³-hybridized carbons (Fsp3) is 0.393. The Morgan fingerprint density at radius 3 is 2.65 bits per heavy atom. The van der Waals surface area contributed by atoms with Crippen molar-refractivity contribution in [2.45, 2.75) is 64.0 Å². The number of aryl methyl sites for hydroxylation is 2. The summed E-state index contributed by atoms with van der Waals surface area (Å²) in [5.41, 5.74) is 3.70. The van der Waals surface area contributed by atoms with Gasteiger partial charge in [-0.05, 0) is 63.3 Å². The molecule has 1 aliphatic heterocycles. The highest BCUT2D eigenvalue weighted by atomic mass is 19.1. The lowest BCUT2D eigenvalue weighted by Gasteiger charge is -2.35. The Hall–Kier alpha value is -3.88. The van der Waals surface area contributed by atoms with Crippen LogP contribution in [0.2, 0.25) is 0 Å². The zero-order valence-electron chi connectivity index (χ0n) is 21.1. The number of hydrogen-bond donors (Lipinski definition) is 0. The van der Waals surface area contributed by atoms with E-state index in [1.807, 2.05) is 18.2 Å². The van der Waals surface area contributed by atoms with E-state index < -0.39 is 0 Å². The van der Waals surface area contributed by atoms with Crippen molar-refractivity contribution in [2.24, 2.45) is 7.05 Å². The highest BCUT2D eigenvalue weighted by Gasteiger charge is 2.46. The van der Waals surface area contributed by atoms with Gasteiger partial charge in [-0.15, -0.1) is 0 Å². The molecule has 0 bridgehead atoms. The molecule has 3 aromatic heterocycles. The van der Waals surface area contributed by atoms with Crippen LogP contribution >= 0.6 is 0 Å². The molecule has 0 radical (unpaired) electrons. The number of imidazole rings is 1. The summed E-state index contributed by atoms with van der Waals surface area (Å²) in [6.45, 7) is 3.87. The van der Waals surface area contributed by atoms with Crippen molar-refractivity contribution in [1.82, 2.24) is 24.1 Å². The Morgan fingerprint density at radius 2 is 1.92 bits per heavy atom. The van der Waals surface area contributed by atoms with Crippen molar-refractivity contribution in [1.29, 1.82) is 0 Å². The minimum atomic E-state index is -0.363. The first-order valence-corrected chi connectivity index (χ1v) is 12.6. The molecule has 1 fully saturated rings. The van der Waals surface area contributed by atoms with Gasteiger partial charge in [0.05, 0.1) is 34.3 Å². The number of nitrogens with zero attached hydrogens (tertiary/aromatic N) is 5. The molecule has 9 heteroatoms. The van der Waals surface area contributed by atoms with Crippen LogP contribution in [0.25, 0.3) is 33.5 Å². The SMILES string of the molecule is CC(=O)OC1CCC2(CC1)CCn1c2nc(-c2ccc(F)c(C)n2)c1-c1ccc2ncn(C)c(=O)c2c1. The van der Waals surface area contributed by atoms with E-state index in [1.165, 1.54) is 23.9 Å². The van der Waals surface area contributed by atoms with Crippen molar-refractivity contribution < 1.29 is 13.9 Å². The predicted molar refractivity (Wildman–Crippen MR) is 136 cm³/mol. The summed E-state index contributed by atoms with van der Waals surface area (Å²) < 4.78 is 23.3. The number of hydrogen-bond acceptors (Lipinski definition) is 6. The standard InChI is InChI=1S/C28H28FN5O3/c1-16-21(29)5-7-23(31-16)24-25(18-4-6-22-20(14-18)26(36)33(3)15-30-22)34-13-12-28(27(34)32-24)10-8-19(9-11-28)37-17(2)35/h4-7,14-15,19H,8-13H2,1-3H3. The third-order valence-corrected chi connectivity index (χ3v) is 7.93. The van der Waals surface area contributed by atoms with Gasteiger partial charge in [-0.1, -0.05) is 6.07 Å². The number of esters is 1. The normalized spacial score (nSPS) is 20.9. The zero-order valence-corrected chi connectivity index (χ0v) is 21.1. The van der Waals surface area contributed by atoms with E-state index in [9.17, 15) is 14.0 Å². The second-order valence-electron chi connectivity index (χ2n) is 10.3. The van der Waals surface area contributed by atoms with E-state index in [-0.39, 0.29) is 28.9 Å². The molecular weight excluding hydrogens is 473 g/mol. The van der Waals surface area contributed by atoms with Crippen LogP contribution in [-0.4, -0.2) is 36.2 Å². The van der Waals surface area contributed by atoms with Gasteiger partial charge in [0.15, 0.2) is 0 Å². The van der Waals surface area contributed by atoms with Crippen molar-refractivity contribution in [3.8, 4) is 22.6 Å². The van der Waals surface area contributed by atoms with Crippen LogP contribution in [0, 0.1) is 12.7 Å². The first-order valence-electron chi connectivity index (χ1n) is 12.6. The first-order chi connectivity index (χ1) is 17.8. The Morgan fingerprint density at radius 1 is 1.14 bits per heavy atom. The third kappa shape index (κ3) is 3.84. The smallest absolute Gasteiger partial charge is 0.302 e. The fourth-order valence-corrected chi connectivity index (χ4v) is 5.99. The molecule has 0 N–H and O–H groups in total. The molecule has 4 heterocycles. The number of aromatic nitrogens is 5. The van der Waals surface area contributed by atoms with Gasteiger partial charge in [0.25, 0.3) is 5.56 Å². The fourth-order valence-electron chi connectivity index (χ4n) is 5.99. The van der Waals surface area contributed by atoms with Crippen LogP contribution in [0.5, 0.6) is 0 Å². The molecule has 1 aromatic carbocycles. The summed E-state index contributed by atoms with van der Waals surface area (Å²) in [5, 5.41) is 0.529. The number of halogens is 1. The zero-order chi connectivity index (χ0) is 25.9. The Labute approximate surface area is 213 Å². The Bertz CT molecular complexity index is 1610. The summed E-state index contributed by atoms with van der Waals surface area (Å²) in [6.07, 6.45) is 5.75. The summed E-state index contributed by atoms with van der Waals surface area (Å²) in [4.78, 5) is 38.4. The molecule has 8 nitrogen and oxygen atoms in total. The highest BCUT2D eigenvalue weighted by molar-refractivity contribution is 5.87. The van der Waals surface area contributed by atoms with Gasteiger partial charge in [-0.2, -0.15) is 0 Å². The van der Waals surface area contributed by atoms with E-state index in [0.29, 0.717) is 28.0 Å². The predicted octanol–water partition coefficient (Wildman–Crippen LogP) is 4.45. The number of rotatable bonds is 3. The molecule has 0 atom stereocenters. The van der Waals surface area contributed by atoms with E-state index in [1.54, 1.807) is 20.0 Å². The molecule has 37 heavy (non-hydrogen) atoms. The van der Waals surface area contributed by atoms with E-state index in [4.69, 9.17) is 9.72 Å². The molecule has 4 aromatic rings. The van der Waals surface area contributed by atoms with Gasteiger partial charge >= 0.3 is 5.97 Å². The molecular formula is C28H28FN5O3. The van der Waals surface area contributed by atoms with Crippen LogP contribution < -0.4 is 5.56 Å². The Balaban J connectivity index is 1.51. The van der Waals surface area contributed by atoms with Crippen molar-refractivity contribution in [2.75, 3.05) is 0 Å². The van der Waals surface area contributed by atoms with E-state index >= 15 is 0 Å². The largest absolute Gasteiger partial charge is 0.463 e. The monoisotopic (exact) mass is 501 g/mol. The van der Waals surface area contributed by atoms with Crippen LogP contribution in [0.1, 0.15) is 50.5 Å². The second-order valence-corrected chi connectivity index (χ2v) is 10.3. The van der Waals surface area contributed by atoms with Gasteiger partial charge in [0.2, 0.25) is 0 Å². The minimum Gasteiger partial charge on any atom is -0.463 e. The second kappa shape index (κ2) is 8.61. The number of fused-ring (bicyclic) bond motifs is 3. The van der Waals surface area contributed by atoms with Crippen molar-refractivity contribution in [3.05, 3.63) is 64.3 Å². The van der Waals surface area contributed by atoms with Crippen LogP contribution in [0.3, 0.4) is 0 Å². The van der Waals surface area contributed by atoms with Gasteiger partial charge in [0.1, 0.15) is 23.4 Å². The third-order valence-electron chi connectivity index (χ3n) is 7.93. The van der Waals surface area contributed by atoms with Crippen LogP contribution in [-0.2, 0) is 28.5 Å². The van der Waals surface area contributed by atoms with Crippen molar-refractivity contribution >= 4 is 16.9 Å². The topological polar surface area (TPSA) is 91.9 Å². The molecule has 190 valence electrons. The average molecular weight is 502 g/mol. The number of carbonyl (C=O) groups excluding carboxylic acids is 1. The lowest BCUT2D eigenvalue weighted by atomic mass is 9.72. The van der Waals surface area contributed by atoms with Gasteiger partial charge in [-0.25, -0.2) is 19.3 Å². The lowest BCUT2D eigenvalue weighted by Crippen LogP contribution is -2.34. The maximum Gasteiger partial charge on any atom is 0.302 e. The van der Waals surface area contributed by atoms with Gasteiger partial charge in [0, 0.05) is 31.5 Å². The highest BCUT2D eigenvalue weighted by Crippen LogP contribution is 2.49. The Kier molecular flexibility index (Phi) is 5.47. The average Bonchev–Trinajstić information content (AvgIpc) is 3.42. The number of pyridine rings is 1. The summed E-state index contributed by atoms with van der Waals surface area (Å²) in [7, 11) is 1.69. The maximum absolute atomic E-state index is 14.1. The molecule has 0 unspecified atom stereocenters. The summed E-state index contributed by atoms with van der Waals surface area (Å²) in [5.74, 6) is 0.382. The van der Waals surface area contributed by atoms with E-state index in [2.05, 4.69) is 14.5 Å². The lowest BCUT2D eigenvalue weighted by molar-refractivity contribution is -0.148. The number of carbonyl (C=O) groups is 1. The molecule has 1 spiro atoms. The summed E-state index contributed by atoms with van der Waals surface area (Å²) in [6, 6.07) is 8.77.